The molecule has 2 fully saturated rings. The number of anilines is 3. The zero-order valence-corrected chi connectivity index (χ0v) is 25.1. The van der Waals surface area contributed by atoms with Gasteiger partial charge in [-0.2, -0.15) is 49.9 Å². The van der Waals surface area contributed by atoms with Crippen molar-refractivity contribution in [2.75, 3.05) is 78.9 Å². The summed E-state index contributed by atoms with van der Waals surface area (Å²) in [6.45, 7) is 1.73. The molecule has 4 rings (SSSR count). The summed E-state index contributed by atoms with van der Waals surface area (Å²) in [5.41, 5.74) is 1.70. The van der Waals surface area contributed by atoms with Crippen molar-refractivity contribution in [3.63, 3.8) is 0 Å². The third-order valence-corrected chi connectivity index (χ3v) is 8.49. The second kappa shape index (κ2) is 14.5. The Morgan fingerprint density at radius 2 is 1.16 bits per heavy atom. The number of hydrogen-bond donors (Lipinski definition) is 1. The molecule has 2 aliphatic heterocycles. The number of carbonyl (C=O) groups is 2. The van der Waals surface area contributed by atoms with Crippen molar-refractivity contribution >= 4 is 58.2 Å². The predicted octanol–water partition coefficient (Wildman–Crippen LogP) is 5.58. The van der Waals surface area contributed by atoms with E-state index in [9.17, 15) is 46.0 Å². The number of nitro benzene ring substituents is 1. The molecule has 18 heteroatoms. The minimum Gasteiger partial charge on any atom is -0.465 e. The minimum atomic E-state index is -4.76. The van der Waals surface area contributed by atoms with Crippen molar-refractivity contribution in [3.8, 4) is 0 Å². The van der Waals surface area contributed by atoms with Crippen LogP contribution in [0, 0.1) is 10.1 Å². The van der Waals surface area contributed by atoms with Gasteiger partial charge in [-0.1, -0.05) is 0 Å². The van der Waals surface area contributed by atoms with Crippen LogP contribution in [0.25, 0.3) is 0 Å². The smallest absolute Gasteiger partial charge is 0.418 e. The van der Waals surface area contributed by atoms with E-state index in [1.807, 2.05) is 0 Å². The van der Waals surface area contributed by atoms with Gasteiger partial charge in [0.15, 0.2) is 0 Å². The zero-order chi connectivity index (χ0) is 32.8. The second-order valence-electron chi connectivity index (χ2n) is 9.28. The summed E-state index contributed by atoms with van der Waals surface area (Å²) < 4.78 is 88.5. The van der Waals surface area contributed by atoms with Crippen LogP contribution in [-0.4, -0.2) is 80.3 Å². The van der Waals surface area contributed by atoms with Crippen LogP contribution in [0.2, 0.25) is 0 Å². The van der Waals surface area contributed by atoms with Crippen LogP contribution in [-0.2, 0) is 21.8 Å². The number of esters is 2. The van der Waals surface area contributed by atoms with Crippen LogP contribution in [0.4, 0.5) is 49.1 Å². The van der Waals surface area contributed by atoms with E-state index in [2.05, 4.69) is 9.47 Å². The maximum Gasteiger partial charge on any atom is 0.418 e. The molecule has 0 atom stereocenters. The van der Waals surface area contributed by atoms with Gasteiger partial charge in [0, 0.05) is 60.9 Å². The first-order valence-electron chi connectivity index (χ1n) is 12.8. The molecule has 0 saturated carbocycles. The number of hydrogen-bond acceptors (Lipinski definition) is 11. The lowest BCUT2D eigenvalue weighted by Crippen LogP contribution is -2.34. The van der Waals surface area contributed by atoms with Gasteiger partial charge in [-0.15, -0.1) is 0 Å². The molecule has 0 aliphatic carbocycles. The molecule has 44 heavy (non-hydrogen) atoms. The number of alkyl halides is 6. The highest BCUT2D eigenvalue weighted by Crippen LogP contribution is 2.42. The highest BCUT2D eigenvalue weighted by molar-refractivity contribution is 7.99. The first kappa shape index (κ1) is 34.9. The largest absolute Gasteiger partial charge is 0.465 e. The molecular weight excluding hydrogens is 642 g/mol. The summed E-state index contributed by atoms with van der Waals surface area (Å²) in [7, 11) is 2.18. The number of nitrogens with two attached hydrogens (primary N) is 1. The lowest BCUT2D eigenvalue weighted by Gasteiger charge is -2.31. The lowest BCUT2D eigenvalue weighted by atomic mass is 10.0. The Balaban J connectivity index is 0.000000241. The molecule has 0 spiro atoms. The molecule has 0 aromatic heterocycles. The Hall–Kier alpha value is -3.54. The van der Waals surface area contributed by atoms with Crippen LogP contribution in [0.15, 0.2) is 24.3 Å². The number of nitro groups is 1. The maximum absolute atomic E-state index is 13.3. The van der Waals surface area contributed by atoms with Crippen molar-refractivity contribution < 1.29 is 50.3 Å². The standard InChI is InChI=1S/C13H13F3N2O4S.C13H15F3N2O2S/c1-22-12(19)8-6-11(17-2-4-23-5-3-17)9(13(14,15)16)7-10(8)18(20)21;1-20-12(19)8-6-11(18-2-4-21-5-3-18)9(7-10(8)17)13(14,15)16/h6-7H,2-5H2,1H3;6-7H,2-5,17H2,1H3. The van der Waals surface area contributed by atoms with E-state index < -0.39 is 51.6 Å². The fraction of sp³-hybridized carbons (Fsp3) is 0.462. The number of nitrogens with zero attached hydrogens (tertiary/aromatic N) is 3. The molecule has 2 aliphatic rings. The summed E-state index contributed by atoms with van der Waals surface area (Å²) in [6.07, 6.45) is -9.29. The monoisotopic (exact) mass is 670 g/mol. The molecule has 10 nitrogen and oxygen atoms in total. The highest BCUT2D eigenvalue weighted by Gasteiger charge is 2.39. The Morgan fingerprint density at radius 3 is 1.55 bits per heavy atom. The molecule has 242 valence electrons. The van der Waals surface area contributed by atoms with E-state index in [0.29, 0.717) is 43.8 Å². The summed E-state index contributed by atoms with van der Waals surface area (Å²) in [4.78, 5) is 36.4. The lowest BCUT2D eigenvalue weighted by molar-refractivity contribution is -0.385. The number of ether oxygens (including phenoxy) is 2. The van der Waals surface area contributed by atoms with Gasteiger partial charge < -0.3 is 25.0 Å². The molecule has 0 unspecified atom stereocenters. The fourth-order valence-corrected chi connectivity index (χ4v) is 6.29. The van der Waals surface area contributed by atoms with Crippen LogP contribution in [0.5, 0.6) is 0 Å². The van der Waals surface area contributed by atoms with Crippen LogP contribution in [0.3, 0.4) is 0 Å². The second-order valence-corrected chi connectivity index (χ2v) is 11.7. The van der Waals surface area contributed by atoms with Gasteiger partial charge in [0.1, 0.15) is 5.56 Å². The van der Waals surface area contributed by atoms with E-state index in [-0.39, 0.29) is 22.6 Å². The average Bonchev–Trinajstić information content (AvgIpc) is 2.99. The van der Waals surface area contributed by atoms with Crippen molar-refractivity contribution in [1.82, 2.24) is 0 Å². The molecule has 0 amide bonds. The quantitative estimate of drug-likeness (QED) is 0.141. The summed E-state index contributed by atoms with van der Waals surface area (Å²) in [6, 6.07) is 3.30. The molecular formula is C26H28F6N4O6S2. The fourth-order valence-electron chi connectivity index (χ4n) is 4.48. The normalized spacial score (nSPS) is 15.6. The van der Waals surface area contributed by atoms with Crippen LogP contribution < -0.4 is 15.5 Å². The van der Waals surface area contributed by atoms with E-state index in [0.717, 1.165) is 37.9 Å². The molecule has 2 heterocycles. The SMILES string of the molecule is COC(=O)c1cc(N2CCSCC2)c(C(F)(F)F)cc1N.COC(=O)c1cc(N2CCSCC2)c(C(F)(F)F)cc1[N+](=O)[O-]. The predicted molar refractivity (Wildman–Crippen MR) is 156 cm³/mol. The number of thioether (sulfide) groups is 2. The van der Waals surface area contributed by atoms with Crippen molar-refractivity contribution in [1.29, 1.82) is 0 Å². The molecule has 2 saturated heterocycles. The molecule has 0 radical (unpaired) electrons. The molecule has 0 bridgehead atoms. The zero-order valence-electron chi connectivity index (χ0n) is 23.4. The summed E-state index contributed by atoms with van der Waals surface area (Å²) >= 11 is 3.29. The van der Waals surface area contributed by atoms with Gasteiger partial charge in [0.05, 0.1) is 47.2 Å². The van der Waals surface area contributed by atoms with Gasteiger partial charge in [-0.25, -0.2) is 9.59 Å². The number of methoxy groups -OCH3 is 2. The third-order valence-electron chi connectivity index (χ3n) is 6.60. The van der Waals surface area contributed by atoms with E-state index in [1.165, 1.54) is 11.0 Å². The van der Waals surface area contributed by atoms with Crippen molar-refractivity contribution in [3.05, 3.63) is 56.6 Å². The Kier molecular flexibility index (Phi) is 11.5. The first-order valence-corrected chi connectivity index (χ1v) is 15.1. The Morgan fingerprint density at radius 1 is 0.773 bits per heavy atom. The van der Waals surface area contributed by atoms with Gasteiger partial charge >= 0.3 is 24.3 Å². The number of rotatable bonds is 5. The Bertz CT molecular complexity index is 1380. The van der Waals surface area contributed by atoms with E-state index in [4.69, 9.17) is 5.73 Å². The number of carbonyl (C=O) groups excluding carboxylic acids is 2. The average molecular weight is 671 g/mol. The maximum atomic E-state index is 13.3. The third kappa shape index (κ3) is 8.34. The van der Waals surface area contributed by atoms with Gasteiger partial charge in [0.2, 0.25) is 0 Å². The number of halogens is 6. The van der Waals surface area contributed by atoms with Gasteiger partial charge in [-0.3, -0.25) is 10.1 Å². The van der Waals surface area contributed by atoms with E-state index in [1.54, 1.807) is 28.4 Å². The summed E-state index contributed by atoms with van der Waals surface area (Å²) in [5.74, 6) is 0.987. The van der Waals surface area contributed by atoms with Crippen molar-refractivity contribution in [2.45, 2.75) is 12.4 Å². The Labute approximate surface area is 256 Å². The number of benzene rings is 2. The van der Waals surface area contributed by atoms with Gasteiger partial charge in [0.25, 0.3) is 5.69 Å². The number of nitrogen functional groups attached to an aromatic ring is 1. The highest BCUT2D eigenvalue weighted by atomic mass is 32.2. The first-order chi connectivity index (χ1) is 20.6. The molecule has 2 aromatic rings. The minimum absolute atomic E-state index is 0.0163. The molecule has 2 N–H and O–H groups in total. The molecule has 2 aromatic carbocycles. The van der Waals surface area contributed by atoms with E-state index >= 15 is 0 Å². The van der Waals surface area contributed by atoms with Gasteiger partial charge in [-0.05, 0) is 18.2 Å². The van der Waals surface area contributed by atoms with Crippen LogP contribution in [0.1, 0.15) is 31.8 Å². The summed E-state index contributed by atoms with van der Waals surface area (Å²) in [5, 5.41) is 11.0. The van der Waals surface area contributed by atoms with Crippen molar-refractivity contribution in [2.24, 2.45) is 0 Å². The van der Waals surface area contributed by atoms with Crippen LogP contribution >= 0.6 is 23.5 Å². The topological polar surface area (TPSA) is 128 Å².